The molecule has 2 heterocycles. The minimum Gasteiger partial charge on any atom is -0.507 e. The second-order valence-electron chi connectivity index (χ2n) is 8.35. The Kier molecular flexibility index (Phi) is 6.38. The molecule has 35 heavy (non-hydrogen) atoms. The molecular weight excluding hydrogens is 446 g/mol. The molecular formula is C27H25N3O5. The van der Waals surface area contributed by atoms with Gasteiger partial charge in [-0.25, -0.2) is 0 Å². The minimum atomic E-state index is -0.943. The van der Waals surface area contributed by atoms with Gasteiger partial charge in [0.05, 0.1) is 24.3 Å². The van der Waals surface area contributed by atoms with Crippen molar-refractivity contribution < 1.29 is 24.2 Å². The van der Waals surface area contributed by atoms with Crippen LogP contribution in [0.4, 0.5) is 11.4 Å². The summed E-state index contributed by atoms with van der Waals surface area (Å²) in [7, 11) is 1.49. The molecule has 2 amide bonds. The topological polar surface area (TPSA) is 109 Å². The number of pyridine rings is 1. The molecule has 1 aliphatic heterocycles. The van der Waals surface area contributed by atoms with Crippen molar-refractivity contribution in [3.05, 3.63) is 88.8 Å². The number of methoxy groups -OCH3 is 1. The van der Waals surface area contributed by atoms with Gasteiger partial charge in [0.2, 0.25) is 5.91 Å². The molecule has 0 bridgehead atoms. The van der Waals surface area contributed by atoms with Crippen molar-refractivity contribution in [1.82, 2.24) is 4.98 Å². The van der Waals surface area contributed by atoms with Crippen LogP contribution in [-0.2, 0) is 14.4 Å². The Labute approximate surface area is 202 Å². The van der Waals surface area contributed by atoms with Crippen LogP contribution in [0.2, 0.25) is 0 Å². The molecule has 2 N–H and O–H groups in total. The first-order valence-electron chi connectivity index (χ1n) is 11.0. The van der Waals surface area contributed by atoms with E-state index in [0.717, 1.165) is 11.1 Å². The van der Waals surface area contributed by atoms with Gasteiger partial charge in [-0.1, -0.05) is 18.2 Å². The molecule has 1 fully saturated rings. The first-order valence-corrected chi connectivity index (χ1v) is 11.0. The zero-order chi connectivity index (χ0) is 25.3. The van der Waals surface area contributed by atoms with Crippen molar-refractivity contribution in [2.75, 3.05) is 17.3 Å². The lowest BCUT2D eigenvalue weighted by Gasteiger charge is -2.25. The zero-order valence-corrected chi connectivity index (χ0v) is 19.8. The first-order chi connectivity index (χ1) is 16.7. The van der Waals surface area contributed by atoms with E-state index in [1.807, 2.05) is 19.9 Å². The number of hydrogen-bond donors (Lipinski definition) is 2. The van der Waals surface area contributed by atoms with Crippen molar-refractivity contribution in [3.8, 4) is 5.75 Å². The SMILES string of the molecule is COc1c(C)cc(C)cc1/C(O)=C1\C(=O)C(=O)N(c2cccc(NC(C)=O)c2)C1c1cccnc1. The number of nitrogens with zero attached hydrogens (tertiary/aromatic N) is 2. The van der Waals surface area contributed by atoms with E-state index in [0.29, 0.717) is 28.3 Å². The molecule has 178 valence electrons. The third kappa shape index (κ3) is 4.38. The summed E-state index contributed by atoms with van der Waals surface area (Å²) >= 11 is 0. The third-order valence-corrected chi connectivity index (χ3v) is 5.77. The van der Waals surface area contributed by atoms with Gasteiger partial charge in [-0.05, 0) is 60.9 Å². The second kappa shape index (κ2) is 9.42. The molecule has 2 aromatic carbocycles. The van der Waals surface area contributed by atoms with Crippen molar-refractivity contribution in [2.45, 2.75) is 26.8 Å². The number of aliphatic hydroxyl groups excluding tert-OH is 1. The molecule has 0 spiro atoms. The number of ketones is 1. The average Bonchev–Trinajstić information content (AvgIpc) is 3.09. The summed E-state index contributed by atoms with van der Waals surface area (Å²) in [4.78, 5) is 43.8. The van der Waals surface area contributed by atoms with Gasteiger partial charge in [-0.15, -0.1) is 0 Å². The highest BCUT2D eigenvalue weighted by Crippen LogP contribution is 2.44. The second-order valence-corrected chi connectivity index (χ2v) is 8.35. The number of anilines is 2. The lowest BCUT2D eigenvalue weighted by molar-refractivity contribution is -0.132. The predicted molar refractivity (Wildman–Crippen MR) is 132 cm³/mol. The number of carbonyl (C=O) groups excluding carboxylic acids is 3. The monoisotopic (exact) mass is 471 g/mol. The molecule has 0 radical (unpaired) electrons. The van der Waals surface area contributed by atoms with Crippen LogP contribution in [0.15, 0.2) is 66.5 Å². The molecule has 3 aromatic rings. The largest absolute Gasteiger partial charge is 0.507 e. The van der Waals surface area contributed by atoms with Gasteiger partial charge in [-0.2, -0.15) is 0 Å². The van der Waals surface area contributed by atoms with Crippen LogP contribution in [0, 0.1) is 13.8 Å². The number of ether oxygens (including phenoxy) is 1. The number of hydrogen-bond acceptors (Lipinski definition) is 6. The van der Waals surface area contributed by atoms with E-state index in [1.54, 1.807) is 54.9 Å². The lowest BCUT2D eigenvalue weighted by Crippen LogP contribution is -2.29. The smallest absolute Gasteiger partial charge is 0.300 e. The van der Waals surface area contributed by atoms with E-state index >= 15 is 0 Å². The highest BCUT2D eigenvalue weighted by Gasteiger charge is 2.47. The number of aromatic nitrogens is 1. The van der Waals surface area contributed by atoms with Crippen molar-refractivity contribution in [3.63, 3.8) is 0 Å². The van der Waals surface area contributed by atoms with E-state index in [1.165, 1.54) is 18.9 Å². The number of rotatable bonds is 5. The summed E-state index contributed by atoms with van der Waals surface area (Å²) in [5, 5.41) is 14.1. The Hall–Kier alpha value is -4.46. The van der Waals surface area contributed by atoms with Gasteiger partial charge in [0.25, 0.3) is 11.7 Å². The number of Topliss-reactive ketones (excluding diaryl/α,β-unsaturated/α-hetero) is 1. The average molecular weight is 472 g/mol. The van der Waals surface area contributed by atoms with Crippen LogP contribution < -0.4 is 15.0 Å². The summed E-state index contributed by atoms with van der Waals surface area (Å²) in [6.45, 7) is 5.09. The first kappa shape index (κ1) is 23.7. The van der Waals surface area contributed by atoms with E-state index < -0.39 is 17.7 Å². The third-order valence-electron chi connectivity index (χ3n) is 5.77. The molecule has 1 unspecified atom stereocenters. The summed E-state index contributed by atoms with van der Waals surface area (Å²) < 4.78 is 5.52. The lowest BCUT2D eigenvalue weighted by atomic mass is 9.94. The summed E-state index contributed by atoms with van der Waals surface area (Å²) in [6, 6.07) is 12.7. The number of aryl methyl sites for hydroxylation is 2. The maximum absolute atomic E-state index is 13.4. The van der Waals surface area contributed by atoms with Crippen molar-refractivity contribution in [2.24, 2.45) is 0 Å². The molecule has 1 atom stereocenters. The zero-order valence-electron chi connectivity index (χ0n) is 19.8. The maximum Gasteiger partial charge on any atom is 0.300 e. The summed E-state index contributed by atoms with van der Waals surface area (Å²) in [5.74, 6) is -1.82. The fraction of sp³-hybridized carbons (Fsp3) is 0.185. The molecule has 4 rings (SSSR count). The predicted octanol–water partition coefficient (Wildman–Crippen LogP) is 4.29. The van der Waals surface area contributed by atoms with Crippen LogP contribution in [0.1, 0.15) is 35.2 Å². The number of aliphatic hydroxyl groups is 1. The Morgan fingerprint density at radius 1 is 1.11 bits per heavy atom. The molecule has 0 aliphatic carbocycles. The summed E-state index contributed by atoms with van der Waals surface area (Å²) in [6.07, 6.45) is 3.13. The van der Waals surface area contributed by atoms with Gasteiger partial charge in [0, 0.05) is 30.7 Å². The van der Waals surface area contributed by atoms with Crippen molar-refractivity contribution >= 4 is 34.7 Å². The van der Waals surface area contributed by atoms with Gasteiger partial charge >= 0.3 is 0 Å². The summed E-state index contributed by atoms with van der Waals surface area (Å²) in [5.41, 5.74) is 3.29. The van der Waals surface area contributed by atoms with Crippen LogP contribution in [0.5, 0.6) is 5.75 Å². The molecule has 1 aromatic heterocycles. The molecule has 1 aliphatic rings. The number of nitrogens with one attached hydrogen (secondary N) is 1. The Balaban J connectivity index is 1.97. The fourth-order valence-electron chi connectivity index (χ4n) is 4.44. The Bertz CT molecular complexity index is 1360. The van der Waals surface area contributed by atoms with Crippen LogP contribution in [0.25, 0.3) is 5.76 Å². The maximum atomic E-state index is 13.4. The quantitative estimate of drug-likeness (QED) is 0.326. The van der Waals surface area contributed by atoms with E-state index in [-0.39, 0.29) is 17.2 Å². The van der Waals surface area contributed by atoms with Gasteiger partial charge in [0.15, 0.2) is 0 Å². The highest BCUT2D eigenvalue weighted by atomic mass is 16.5. The molecule has 1 saturated heterocycles. The minimum absolute atomic E-state index is 0.0729. The van der Waals surface area contributed by atoms with Crippen LogP contribution in [0.3, 0.4) is 0 Å². The number of amides is 2. The van der Waals surface area contributed by atoms with Gasteiger partial charge < -0.3 is 15.2 Å². The van der Waals surface area contributed by atoms with Gasteiger partial charge in [-0.3, -0.25) is 24.3 Å². The highest BCUT2D eigenvalue weighted by molar-refractivity contribution is 6.51. The molecule has 8 nitrogen and oxygen atoms in total. The fourth-order valence-corrected chi connectivity index (χ4v) is 4.44. The molecule has 8 heteroatoms. The van der Waals surface area contributed by atoms with Gasteiger partial charge in [0.1, 0.15) is 11.5 Å². The van der Waals surface area contributed by atoms with Crippen LogP contribution in [-0.4, -0.2) is 34.8 Å². The van der Waals surface area contributed by atoms with Crippen LogP contribution >= 0.6 is 0 Å². The molecule has 0 saturated carbocycles. The number of carbonyl (C=O) groups is 3. The van der Waals surface area contributed by atoms with E-state index in [4.69, 9.17) is 4.74 Å². The van der Waals surface area contributed by atoms with E-state index in [2.05, 4.69) is 10.3 Å². The van der Waals surface area contributed by atoms with E-state index in [9.17, 15) is 19.5 Å². The number of benzene rings is 2. The standard InChI is InChI=1S/C27H25N3O5/c1-15-11-16(2)26(35-4)21(12-15)24(32)22-23(18-7-6-10-28-14-18)30(27(34)25(22)33)20-9-5-8-19(13-20)29-17(3)31/h5-14,23,32H,1-4H3,(H,29,31)/b24-22+. The normalized spacial score (nSPS) is 16.9. The Morgan fingerprint density at radius 2 is 1.89 bits per heavy atom. The Morgan fingerprint density at radius 3 is 2.54 bits per heavy atom. The van der Waals surface area contributed by atoms with Crippen molar-refractivity contribution in [1.29, 1.82) is 0 Å².